The van der Waals surface area contributed by atoms with Crippen molar-refractivity contribution in [3.63, 3.8) is 0 Å². The predicted molar refractivity (Wildman–Crippen MR) is 65.9 cm³/mol. The van der Waals surface area contributed by atoms with Crippen molar-refractivity contribution in [2.24, 2.45) is 5.73 Å². The van der Waals surface area contributed by atoms with Crippen molar-refractivity contribution < 1.29 is 14.3 Å². The Labute approximate surface area is 107 Å². The van der Waals surface area contributed by atoms with Crippen molar-refractivity contribution in [3.05, 3.63) is 0 Å². The Morgan fingerprint density at radius 1 is 1.39 bits per heavy atom. The van der Waals surface area contributed by atoms with Crippen molar-refractivity contribution in [2.45, 2.75) is 44.9 Å². The number of nitrogens with two attached hydrogens (primary N) is 1. The minimum atomic E-state index is -0.478. The van der Waals surface area contributed by atoms with Gasteiger partial charge in [0.15, 0.2) is 0 Å². The van der Waals surface area contributed by atoms with E-state index in [4.69, 9.17) is 10.5 Å². The normalized spacial score (nSPS) is 25.3. The van der Waals surface area contributed by atoms with Crippen molar-refractivity contribution in [3.8, 4) is 0 Å². The smallest absolute Gasteiger partial charge is 0.410 e. The van der Waals surface area contributed by atoms with Crippen molar-refractivity contribution in [1.82, 2.24) is 9.80 Å². The Kier molecular flexibility index (Phi) is 3.23. The van der Waals surface area contributed by atoms with Crippen LogP contribution in [0.3, 0.4) is 0 Å². The summed E-state index contributed by atoms with van der Waals surface area (Å²) < 4.78 is 5.26. The second kappa shape index (κ2) is 4.42. The minimum Gasteiger partial charge on any atom is -0.444 e. The largest absolute Gasteiger partial charge is 0.444 e. The molecular formula is C12H21N3O3. The molecule has 102 valence electrons. The third-order valence-electron chi connectivity index (χ3n) is 3.24. The third-order valence-corrected chi connectivity index (χ3v) is 3.24. The van der Waals surface area contributed by atoms with Crippen LogP contribution in [0.1, 0.15) is 27.2 Å². The SMILES string of the molecule is CC(C)(C)OC(=O)N1CC(N2CCC(N)C2=O)C1. The average Bonchev–Trinajstić information content (AvgIpc) is 2.44. The predicted octanol–water partition coefficient (Wildman–Crippen LogP) is 0.165. The first kappa shape index (κ1) is 13.1. The molecule has 2 rings (SSSR count). The quantitative estimate of drug-likeness (QED) is 0.724. The summed E-state index contributed by atoms with van der Waals surface area (Å²) in [6.07, 6.45) is 0.400. The van der Waals surface area contributed by atoms with Gasteiger partial charge in [0.05, 0.1) is 12.1 Å². The Morgan fingerprint density at radius 2 is 2.00 bits per heavy atom. The van der Waals surface area contributed by atoms with Crippen molar-refractivity contribution in [2.75, 3.05) is 19.6 Å². The summed E-state index contributed by atoms with van der Waals surface area (Å²) in [5.74, 6) is 0.00355. The summed E-state index contributed by atoms with van der Waals surface area (Å²) >= 11 is 0. The first-order valence-electron chi connectivity index (χ1n) is 6.32. The molecule has 6 nitrogen and oxygen atoms in total. The molecule has 6 heteroatoms. The van der Waals surface area contributed by atoms with Crippen LogP contribution >= 0.6 is 0 Å². The lowest BCUT2D eigenvalue weighted by molar-refractivity contribution is -0.133. The molecule has 0 aromatic carbocycles. The lowest BCUT2D eigenvalue weighted by Gasteiger charge is -2.44. The van der Waals surface area contributed by atoms with Crippen LogP contribution < -0.4 is 5.73 Å². The van der Waals surface area contributed by atoms with Gasteiger partial charge in [-0.2, -0.15) is 0 Å². The molecule has 2 N–H and O–H groups in total. The zero-order chi connectivity index (χ0) is 13.5. The minimum absolute atomic E-state index is 0.00355. The van der Waals surface area contributed by atoms with Gasteiger partial charge in [-0.25, -0.2) is 4.79 Å². The lowest BCUT2D eigenvalue weighted by Crippen LogP contribution is -2.62. The van der Waals surface area contributed by atoms with E-state index in [0.29, 0.717) is 26.1 Å². The molecule has 2 amide bonds. The number of hydrogen-bond acceptors (Lipinski definition) is 4. The van der Waals surface area contributed by atoms with Gasteiger partial charge in [0.2, 0.25) is 5.91 Å². The van der Waals surface area contributed by atoms with E-state index < -0.39 is 5.60 Å². The molecule has 1 unspecified atom stereocenters. The van der Waals surface area contributed by atoms with E-state index in [-0.39, 0.29) is 24.1 Å². The highest BCUT2D eigenvalue weighted by Crippen LogP contribution is 2.22. The fraction of sp³-hybridized carbons (Fsp3) is 0.833. The molecule has 2 saturated heterocycles. The van der Waals surface area contributed by atoms with Gasteiger partial charge in [0, 0.05) is 19.6 Å². The van der Waals surface area contributed by atoms with Crippen LogP contribution in [0.25, 0.3) is 0 Å². The highest BCUT2D eigenvalue weighted by atomic mass is 16.6. The number of likely N-dealkylation sites (tertiary alicyclic amines) is 2. The van der Waals surface area contributed by atoms with Gasteiger partial charge in [0.25, 0.3) is 0 Å². The third kappa shape index (κ3) is 2.58. The number of rotatable bonds is 1. The number of amides is 2. The molecule has 0 radical (unpaired) electrons. The Bertz CT molecular complexity index is 358. The molecule has 2 fully saturated rings. The highest BCUT2D eigenvalue weighted by Gasteiger charge is 2.42. The van der Waals surface area contributed by atoms with E-state index >= 15 is 0 Å². The number of ether oxygens (including phenoxy) is 1. The maximum absolute atomic E-state index is 11.7. The molecule has 0 bridgehead atoms. The summed E-state index contributed by atoms with van der Waals surface area (Å²) in [6.45, 7) is 7.31. The first-order valence-corrected chi connectivity index (χ1v) is 6.32. The monoisotopic (exact) mass is 255 g/mol. The molecule has 18 heavy (non-hydrogen) atoms. The molecule has 1 atom stereocenters. The van der Waals surface area contributed by atoms with E-state index in [1.165, 1.54) is 0 Å². The van der Waals surface area contributed by atoms with Crippen molar-refractivity contribution in [1.29, 1.82) is 0 Å². The second-order valence-electron chi connectivity index (χ2n) is 5.97. The summed E-state index contributed by atoms with van der Waals surface area (Å²) in [5.41, 5.74) is 5.19. The summed E-state index contributed by atoms with van der Waals surface area (Å²) in [6, 6.07) is -0.251. The molecule has 0 aromatic heterocycles. The molecule has 2 aliphatic heterocycles. The first-order chi connectivity index (χ1) is 8.28. The van der Waals surface area contributed by atoms with Gasteiger partial charge < -0.3 is 20.3 Å². The Balaban J connectivity index is 1.81. The van der Waals surface area contributed by atoms with Crippen LogP contribution in [-0.2, 0) is 9.53 Å². The maximum Gasteiger partial charge on any atom is 0.410 e. The van der Waals surface area contributed by atoms with Crippen molar-refractivity contribution >= 4 is 12.0 Å². The highest BCUT2D eigenvalue weighted by molar-refractivity contribution is 5.84. The van der Waals surface area contributed by atoms with E-state index in [2.05, 4.69) is 0 Å². The fourth-order valence-electron chi connectivity index (χ4n) is 2.22. The van der Waals surface area contributed by atoms with E-state index in [9.17, 15) is 9.59 Å². The van der Waals surface area contributed by atoms with Gasteiger partial charge in [-0.1, -0.05) is 0 Å². The summed E-state index contributed by atoms with van der Waals surface area (Å²) in [4.78, 5) is 26.8. The van der Waals surface area contributed by atoms with E-state index in [1.807, 2.05) is 20.8 Å². The number of carbonyl (C=O) groups excluding carboxylic acids is 2. The molecule has 0 saturated carbocycles. The maximum atomic E-state index is 11.7. The zero-order valence-electron chi connectivity index (χ0n) is 11.2. The zero-order valence-corrected chi connectivity index (χ0v) is 11.2. The van der Waals surface area contributed by atoms with Gasteiger partial charge in [-0.3, -0.25) is 4.79 Å². The summed E-state index contributed by atoms with van der Waals surface area (Å²) in [7, 11) is 0. The Morgan fingerprint density at radius 3 is 2.44 bits per heavy atom. The molecular weight excluding hydrogens is 234 g/mol. The van der Waals surface area contributed by atoms with Crippen LogP contribution in [0, 0.1) is 0 Å². The van der Waals surface area contributed by atoms with Crippen LogP contribution in [-0.4, -0.2) is 59.1 Å². The number of carbonyl (C=O) groups is 2. The number of hydrogen-bond donors (Lipinski definition) is 1. The molecule has 0 spiro atoms. The molecule has 2 heterocycles. The Hall–Kier alpha value is -1.30. The van der Waals surface area contributed by atoms with Crippen LogP contribution in [0.15, 0.2) is 0 Å². The van der Waals surface area contributed by atoms with E-state index in [1.54, 1.807) is 9.80 Å². The molecule has 0 aliphatic carbocycles. The van der Waals surface area contributed by atoms with Gasteiger partial charge >= 0.3 is 6.09 Å². The van der Waals surface area contributed by atoms with Crippen LogP contribution in [0.2, 0.25) is 0 Å². The topological polar surface area (TPSA) is 75.9 Å². The standard InChI is InChI=1S/C12H21N3O3/c1-12(2,3)18-11(17)14-6-8(7-14)15-5-4-9(13)10(15)16/h8-9H,4-7,13H2,1-3H3. The summed E-state index contributed by atoms with van der Waals surface area (Å²) in [5, 5.41) is 0. The van der Waals surface area contributed by atoms with Crippen LogP contribution in [0.4, 0.5) is 4.79 Å². The average molecular weight is 255 g/mol. The second-order valence-corrected chi connectivity index (χ2v) is 5.97. The molecule has 0 aromatic rings. The van der Waals surface area contributed by atoms with Crippen LogP contribution in [0.5, 0.6) is 0 Å². The van der Waals surface area contributed by atoms with Gasteiger partial charge in [0.1, 0.15) is 5.60 Å². The van der Waals surface area contributed by atoms with Gasteiger partial charge in [-0.15, -0.1) is 0 Å². The number of nitrogens with zero attached hydrogens (tertiary/aromatic N) is 2. The lowest BCUT2D eigenvalue weighted by atomic mass is 10.1. The van der Waals surface area contributed by atoms with E-state index in [0.717, 1.165) is 0 Å². The fourth-order valence-corrected chi connectivity index (χ4v) is 2.22. The van der Waals surface area contributed by atoms with Gasteiger partial charge in [-0.05, 0) is 27.2 Å². The molecule has 2 aliphatic rings.